The van der Waals surface area contributed by atoms with Gasteiger partial charge in [-0.3, -0.25) is 4.79 Å². The van der Waals surface area contributed by atoms with Crippen LogP contribution in [-0.4, -0.2) is 46.0 Å². The van der Waals surface area contributed by atoms with E-state index in [2.05, 4.69) is 6.92 Å². The van der Waals surface area contributed by atoms with Crippen molar-refractivity contribution < 1.29 is 9.90 Å². The van der Waals surface area contributed by atoms with Crippen LogP contribution in [0, 0.1) is 0 Å². The Balaban J connectivity index is 1.92. The maximum absolute atomic E-state index is 12.4. The van der Waals surface area contributed by atoms with E-state index in [1.165, 1.54) is 0 Å². The quantitative estimate of drug-likeness (QED) is 0.885. The summed E-state index contributed by atoms with van der Waals surface area (Å²) in [5, 5.41) is 9.79. The minimum Gasteiger partial charge on any atom is -0.508 e. The maximum Gasteiger partial charge on any atom is 0.239 e. The molecule has 4 nitrogen and oxygen atoms in total. The predicted octanol–water partition coefficient (Wildman–Crippen LogP) is 1.62. The number of phenols is 1. The van der Waals surface area contributed by atoms with E-state index in [1.807, 2.05) is 28.8 Å². The Bertz CT molecular complexity index is 450. The molecule has 0 aromatic heterocycles. The number of phenolic OH excluding ortho intramolecular Hbond substituents is 1. The zero-order valence-corrected chi connectivity index (χ0v) is 12.6. The first-order valence-corrected chi connectivity index (χ1v) is 8.09. The van der Waals surface area contributed by atoms with Crippen molar-refractivity contribution in [2.75, 3.05) is 18.8 Å². The maximum atomic E-state index is 12.4. The molecule has 0 radical (unpaired) electrons. The van der Waals surface area contributed by atoms with Gasteiger partial charge in [0, 0.05) is 24.1 Å². The Morgan fingerprint density at radius 1 is 1.50 bits per heavy atom. The summed E-state index contributed by atoms with van der Waals surface area (Å²) in [4.78, 5) is 14.3. The monoisotopic (exact) mass is 294 g/mol. The standard InChI is InChI=1S/C15H22N2O2S/c1-2-13-10-17(7-8-20-13)15(19)14(16)9-11-3-5-12(18)6-4-11/h3-6,13-14,18H,2,7-10,16H2,1H3/t13?,14-/m0/s1. The molecule has 1 aromatic rings. The zero-order valence-electron chi connectivity index (χ0n) is 11.8. The van der Waals surface area contributed by atoms with Gasteiger partial charge in [-0.2, -0.15) is 11.8 Å². The summed E-state index contributed by atoms with van der Waals surface area (Å²) in [6.45, 7) is 3.76. The second kappa shape index (κ2) is 6.99. The summed E-state index contributed by atoms with van der Waals surface area (Å²) in [6, 6.07) is 6.36. The predicted molar refractivity (Wildman–Crippen MR) is 82.9 cm³/mol. The largest absolute Gasteiger partial charge is 0.508 e. The van der Waals surface area contributed by atoms with E-state index in [-0.39, 0.29) is 11.7 Å². The molecule has 2 rings (SSSR count). The molecule has 1 fully saturated rings. The van der Waals surface area contributed by atoms with E-state index in [9.17, 15) is 9.90 Å². The summed E-state index contributed by atoms with van der Waals surface area (Å²) < 4.78 is 0. The molecule has 0 spiro atoms. The Hall–Kier alpha value is -1.20. The van der Waals surface area contributed by atoms with Crippen molar-refractivity contribution >= 4 is 17.7 Å². The molecule has 1 amide bonds. The zero-order chi connectivity index (χ0) is 14.5. The lowest BCUT2D eigenvalue weighted by Gasteiger charge is -2.33. The van der Waals surface area contributed by atoms with Gasteiger partial charge in [-0.05, 0) is 30.5 Å². The third-order valence-electron chi connectivity index (χ3n) is 3.61. The van der Waals surface area contributed by atoms with Gasteiger partial charge in [0.05, 0.1) is 6.04 Å². The summed E-state index contributed by atoms with van der Waals surface area (Å²) in [5.41, 5.74) is 7.02. The number of carbonyl (C=O) groups is 1. The molecule has 1 aliphatic heterocycles. The molecule has 1 saturated heterocycles. The van der Waals surface area contributed by atoms with Crippen molar-refractivity contribution in [3.8, 4) is 5.75 Å². The van der Waals surface area contributed by atoms with Gasteiger partial charge in [-0.25, -0.2) is 0 Å². The molecule has 0 saturated carbocycles. The van der Waals surface area contributed by atoms with Crippen molar-refractivity contribution in [2.24, 2.45) is 5.73 Å². The number of hydrogen-bond donors (Lipinski definition) is 2. The van der Waals surface area contributed by atoms with Gasteiger partial charge in [0.15, 0.2) is 0 Å². The van der Waals surface area contributed by atoms with Crippen LogP contribution >= 0.6 is 11.8 Å². The third kappa shape index (κ3) is 3.90. The van der Waals surface area contributed by atoms with Crippen LogP contribution in [0.4, 0.5) is 0 Å². The number of rotatable bonds is 4. The van der Waals surface area contributed by atoms with Gasteiger partial charge in [-0.15, -0.1) is 0 Å². The number of nitrogens with two attached hydrogens (primary N) is 1. The normalized spacial score (nSPS) is 20.7. The second-order valence-electron chi connectivity index (χ2n) is 5.16. The number of carbonyl (C=O) groups excluding carboxylic acids is 1. The third-order valence-corrected chi connectivity index (χ3v) is 4.99. The van der Waals surface area contributed by atoms with Gasteiger partial charge >= 0.3 is 0 Å². The highest BCUT2D eigenvalue weighted by Crippen LogP contribution is 2.21. The molecule has 1 heterocycles. The molecule has 2 atom stereocenters. The van der Waals surface area contributed by atoms with Gasteiger partial charge in [0.2, 0.25) is 5.91 Å². The lowest BCUT2D eigenvalue weighted by atomic mass is 10.1. The van der Waals surface area contributed by atoms with E-state index in [4.69, 9.17) is 5.73 Å². The number of thioether (sulfide) groups is 1. The van der Waals surface area contributed by atoms with E-state index in [0.29, 0.717) is 11.7 Å². The second-order valence-corrected chi connectivity index (χ2v) is 6.57. The van der Waals surface area contributed by atoms with Crippen LogP contribution in [0.1, 0.15) is 18.9 Å². The van der Waals surface area contributed by atoms with E-state index in [1.54, 1.807) is 12.1 Å². The van der Waals surface area contributed by atoms with Gasteiger partial charge < -0.3 is 15.7 Å². The topological polar surface area (TPSA) is 66.6 Å². The van der Waals surface area contributed by atoms with Crippen molar-refractivity contribution in [3.05, 3.63) is 29.8 Å². The average molecular weight is 294 g/mol. The van der Waals surface area contributed by atoms with Crippen molar-refractivity contribution in [1.82, 2.24) is 4.90 Å². The Morgan fingerprint density at radius 3 is 2.85 bits per heavy atom. The lowest BCUT2D eigenvalue weighted by Crippen LogP contribution is -2.49. The molecule has 110 valence electrons. The van der Waals surface area contributed by atoms with Gasteiger partial charge in [0.25, 0.3) is 0 Å². The SMILES string of the molecule is CCC1CN(C(=O)[C@@H](N)Cc2ccc(O)cc2)CCS1. The Morgan fingerprint density at radius 2 is 2.20 bits per heavy atom. The summed E-state index contributed by atoms with van der Waals surface area (Å²) in [6.07, 6.45) is 1.60. The van der Waals surface area contributed by atoms with Crippen LogP contribution in [-0.2, 0) is 11.2 Å². The Labute approximate surface area is 124 Å². The van der Waals surface area contributed by atoms with Crippen LogP contribution in [0.2, 0.25) is 0 Å². The number of benzene rings is 1. The van der Waals surface area contributed by atoms with Gasteiger partial charge in [-0.1, -0.05) is 19.1 Å². The molecule has 3 N–H and O–H groups in total. The Kier molecular flexibility index (Phi) is 5.31. The fourth-order valence-corrected chi connectivity index (χ4v) is 3.55. The number of aromatic hydroxyl groups is 1. The molecule has 1 aromatic carbocycles. The average Bonchev–Trinajstić information content (AvgIpc) is 2.48. The number of nitrogens with zero attached hydrogens (tertiary/aromatic N) is 1. The minimum atomic E-state index is -0.500. The molecular weight excluding hydrogens is 272 g/mol. The molecular formula is C15H22N2O2S. The van der Waals surface area contributed by atoms with E-state index >= 15 is 0 Å². The van der Waals surface area contributed by atoms with E-state index in [0.717, 1.165) is 30.8 Å². The number of hydrogen-bond acceptors (Lipinski definition) is 4. The summed E-state index contributed by atoms with van der Waals surface area (Å²) >= 11 is 1.94. The van der Waals surface area contributed by atoms with Crippen LogP contribution in [0.15, 0.2) is 24.3 Å². The highest BCUT2D eigenvalue weighted by molar-refractivity contribution is 8.00. The smallest absolute Gasteiger partial charge is 0.239 e. The van der Waals surface area contributed by atoms with Crippen LogP contribution in [0.3, 0.4) is 0 Å². The first-order valence-electron chi connectivity index (χ1n) is 7.04. The van der Waals surface area contributed by atoms with Gasteiger partial charge in [0.1, 0.15) is 5.75 Å². The lowest BCUT2D eigenvalue weighted by molar-refractivity contribution is -0.132. The minimum absolute atomic E-state index is 0.0387. The van der Waals surface area contributed by atoms with Crippen LogP contribution < -0.4 is 5.73 Å². The van der Waals surface area contributed by atoms with Crippen molar-refractivity contribution in [2.45, 2.75) is 31.1 Å². The first-order chi connectivity index (χ1) is 9.60. The fourth-order valence-electron chi connectivity index (χ4n) is 2.37. The van der Waals surface area contributed by atoms with Crippen LogP contribution in [0.25, 0.3) is 0 Å². The van der Waals surface area contributed by atoms with E-state index < -0.39 is 6.04 Å². The highest BCUT2D eigenvalue weighted by Gasteiger charge is 2.26. The summed E-state index contributed by atoms with van der Waals surface area (Å²) in [5.74, 6) is 1.26. The van der Waals surface area contributed by atoms with Crippen molar-refractivity contribution in [3.63, 3.8) is 0 Å². The molecule has 1 aliphatic rings. The highest BCUT2D eigenvalue weighted by atomic mass is 32.2. The molecule has 5 heteroatoms. The molecule has 0 aliphatic carbocycles. The fraction of sp³-hybridized carbons (Fsp3) is 0.533. The molecule has 20 heavy (non-hydrogen) atoms. The summed E-state index contributed by atoms with van der Waals surface area (Å²) in [7, 11) is 0. The molecule has 1 unspecified atom stereocenters. The molecule has 0 bridgehead atoms. The van der Waals surface area contributed by atoms with Crippen LogP contribution in [0.5, 0.6) is 5.75 Å². The van der Waals surface area contributed by atoms with Crippen molar-refractivity contribution in [1.29, 1.82) is 0 Å². The first kappa shape index (κ1) is 15.2. The number of amides is 1.